The van der Waals surface area contributed by atoms with E-state index < -0.39 is 0 Å². The fourth-order valence-electron chi connectivity index (χ4n) is 2.29. The maximum Gasteiger partial charge on any atom is 0.134 e. The van der Waals surface area contributed by atoms with Gasteiger partial charge in [0, 0.05) is 18.1 Å². The Morgan fingerprint density at radius 2 is 2.05 bits per heavy atom. The van der Waals surface area contributed by atoms with Gasteiger partial charge in [-0.25, -0.2) is 0 Å². The highest BCUT2D eigenvalue weighted by Crippen LogP contribution is 2.33. The highest BCUT2D eigenvalue weighted by atomic mass is 16.5. The summed E-state index contributed by atoms with van der Waals surface area (Å²) in [6, 6.07) is 6.41. The molecule has 0 unspecified atom stereocenters. The highest BCUT2D eigenvalue weighted by Gasteiger charge is 2.20. The predicted molar refractivity (Wildman–Crippen MR) is 78.1 cm³/mol. The van der Waals surface area contributed by atoms with Crippen LogP contribution in [0.25, 0.3) is 11.0 Å². The van der Waals surface area contributed by atoms with E-state index in [1.54, 1.807) is 7.11 Å². The van der Waals surface area contributed by atoms with Crippen molar-refractivity contribution >= 4 is 11.0 Å². The van der Waals surface area contributed by atoms with Crippen LogP contribution in [0.3, 0.4) is 0 Å². The van der Waals surface area contributed by atoms with Gasteiger partial charge in [0.2, 0.25) is 0 Å². The molecular formula is C16H23NO2. The fraction of sp³-hybridized carbons (Fsp3) is 0.500. The Kier molecular flexibility index (Phi) is 3.97. The molecule has 19 heavy (non-hydrogen) atoms. The Bertz CT molecular complexity index is 569. The van der Waals surface area contributed by atoms with E-state index in [2.05, 4.69) is 32.9 Å². The molecule has 1 heterocycles. The second kappa shape index (κ2) is 5.35. The number of furan rings is 1. The quantitative estimate of drug-likeness (QED) is 0.892. The van der Waals surface area contributed by atoms with Crippen LogP contribution >= 0.6 is 0 Å². The number of fused-ring (bicyclic) bond motifs is 1. The van der Waals surface area contributed by atoms with Gasteiger partial charge in [-0.05, 0) is 29.5 Å². The number of hydrogen-bond donors (Lipinski definition) is 1. The number of ether oxygens (including phenoxy) is 1. The Labute approximate surface area is 114 Å². The van der Waals surface area contributed by atoms with Gasteiger partial charge in [0.1, 0.15) is 11.3 Å². The minimum Gasteiger partial charge on any atom is -0.459 e. The molecule has 0 fully saturated rings. The van der Waals surface area contributed by atoms with Gasteiger partial charge in [0.15, 0.2) is 0 Å². The van der Waals surface area contributed by atoms with E-state index in [0.717, 1.165) is 28.7 Å². The van der Waals surface area contributed by atoms with E-state index >= 15 is 0 Å². The zero-order chi connectivity index (χ0) is 14.0. The van der Waals surface area contributed by atoms with E-state index in [9.17, 15) is 0 Å². The van der Waals surface area contributed by atoms with Crippen LogP contribution in [0.4, 0.5) is 0 Å². The van der Waals surface area contributed by atoms with Crippen LogP contribution in [-0.2, 0) is 23.3 Å². The zero-order valence-electron chi connectivity index (χ0n) is 12.2. The van der Waals surface area contributed by atoms with E-state index in [1.807, 2.05) is 6.07 Å². The van der Waals surface area contributed by atoms with Crippen molar-refractivity contribution in [3.63, 3.8) is 0 Å². The molecule has 1 aromatic carbocycles. The first-order chi connectivity index (χ1) is 9.03. The lowest BCUT2D eigenvalue weighted by molar-refractivity contribution is 0.184. The van der Waals surface area contributed by atoms with Crippen molar-refractivity contribution in [3.8, 4) is 0 Å². The summed E-state index contributed by atoms with van der Waals surface area (Å²) < 4.78 is 11.1. The molecule has 0 saturated carbocycles. The summed E-state index contributed by atoms with van der Waals surface area (Å²) in [6.45, 7) is 7.67. The number of methoxy groups -OCH3 is 1. The summed E-state index contributed by atoms with van der Waals surface area (Å²) in [4.78, 5) is 0. The Hall–Kier alpha value is -1.32. The van der Waals surface area contributed by atoms with Crippen LogP contribution < -0.4 is 5.73 Å². The summed E-state index contributed by atoms with van der Waals surface area (Å²) in [5.41, 5.74) is 9.20. The topological polar surface area (TPSA) is 48.4 Å². The number of nitrogens with two attached hydrogens (primary N) is 1. The standard InChI is InChI=1S/C16H23NO2/c1-5-16(2,3)11-6-7-14-12(8-11)13(10-18-4)15(9-17)19-14/h6-8H,5,9-10,17H2,1-4H3. The first kappa shape index (κ1) is 14.1. The van der Waals surface area contributed by atoms with Crippen LogP contribution in [-0.4, -0.2) is 7.11 Å². The molecule has 0 aliphatic rings. The van der Waals surface area contributed by atoms with Crippen LogP contribution in [0.1, 0.15) is 44.1 Å². The number of rotatable bonds is 5. The maximum atomic E-state index is 5.80. The summed E-state index contributed by atoms with van der Waals surface area (Å²) in [5, 5.41) is 1.13. The molecule has 0 aliphatic heterocycles. The monoisotopic (exact) mass is 261 g/mol. The second-order valence-electron chi connectivity index (χ2n) is 5.59. The van der Waals surface area contributed by atoms with Gasteiger partial charge in [0.05, 0.1) is 13.2 Å². The molecule has 3 nitrogen and oxygen atoms in total. The smallest absolute Gasteiger partial charge is 0.134 e. The highest BCUT2D eigenvalue weighted by molar-refractivity contribution is 5.83. The third kappa shape index (κ3) is 2.53. The van der Waals surface area contributed by atoms with Crippen molar-refractivity contribution in [1.29, 1.82) is 0 Å². The Balaban J connectivity index is 2.60. The van der Waals surface area contributed by atoms with Crippen molar-refractivity contribution in [2.75, 3.05) is 7.11 Å². The second-order valence-corrected chi connectivity index (χ2v) is 5.59. The van der Waals surface area contributed by atoms with Gasteiger partial charge in [-0.1, -0.05) is 26.8 Å². The molecule has 0 saturated heterocycles. The summed E-state index contributed by atoms with van der Waals surface area (Å²) in [5.74, 6) is 0.823. The van der Waals surface area contributed by atoms with Crippen LogP contribution in [0.5, 0.6) is 0 Å². The van der Waals surface area contributed by atoms with Crippen LogP contribution in [0, 0.1) is 0 Å². The lowest BCUT2D eigenvalue weighted by atomic mass is 9.82. The first-order valence-electron chi connectivity index (χ1n) is 6.77. The van der Waals surface area contributed by atoms with E-state index in [0.29, 0.717) is 13.2 Å². The van der Waals surface area contributed by atoms with Crippen molar-refractivity contribution in [2.24, 2.45) is 5.73 Å². The summed E-state index contributed by atoms with van der Waals surface area (Å²) in [7, 11) is 1.69. The van der Waals surface area contributed by atoms with Gasteiger partial charge in [-0.3, -0.25) is 0 Å². The van der Waals surface area contributed by atoms with E-state index in [1.165, 1.54) is 5.56 Å². The lowest BCUT2D eigenvalue weighted by Crippen LogP contribution is -2.15. The van der Waals surface area contributed by atoms with Crippen LogP contribution in [0.2, 0.25) is 0 Å². The minimum atomic E-state index is 0.165. The minimum absolute atomic E-state index is 0.165. The Morgan fingerprint density at radius 3 is 2.63 bits per heavy atom. The van der Waals surface area contributed by atoms with E-state index in [4.69, 9.17) is 14.9 Å². The zero-order valence-corrected chi connectivity index (χ0v) is 12.2. The van der Waals surface area contributed by atoms with Crippen molar-refractivity contribution < 1.29 is 9.15 Å². The molecule has 1 aromatic heterocycles. The van der Waals surface area contributed by atoms with Gasteiger partial charge in [-0.2, -0.15) is 0 Å². The van der Waals surface area contributed by atoms with Gasteiger partial charge in [0.25, 0.3) is 0 Å². The molecule has 0 spiro atoms. The van der Waals surface area contributed by atoms with Gasteiger partial charge >= 0.3 is 0 Å². The summed E-state index contributed by atoms with van der Waals surface area (Å²) >= 11 is 0. The average Bonchev–Trinajstić information content (AvgIpc) is 2.76. The third-order valence-corrected chi connectivity index (χ3v) is 4.01. The molecule has 0 atom stereocenters. The van der Waals surface area contributed by atoms with E-state index in [-0.39, 0.29) is 5.41 Å². The molecule has 0 amide bonds. The molecule has 0 radical (unpaired) electrons. The predicted octanol–water partition coefficient (Wildman–Crippen LogP) is 3.73. The number of benzene rings is 1. The number of hydrogen-bond acceptors (Lipinski definition) is 3. The SMILES string of the molecule is CCC(C)(C)c1ccc2oc(CN)c(COC)c2c1. The Morgan fingerprint density at radius 1 is 1.32 bits per heavy atom. The lowest BCUT2D eigenvalue weighted by Gasteiger charge is -2.23. The maximum absolute atomic E-state index is 5.80. The first-order valence-corrected chi connectivity index (χ1v) is 6.77. The molecule has 3 heteroatoms. The molecule has 0 aliphatic carbocycles. The molecule has 2 N–H and O–H groups in total. The molecule has 2 rings (SSSR count). The van der Waals surface area contributed by atoms with Crippen molar-refractivity contribution in [3.05, 3.63) is 35.1 Å². The van der Waals surface area contributed by atoms with Crippen molar-refractivity contribution in [2.45, 2.75) is 45.8 Å². The normalized spacial score (nSPS) is 12.3. The third-order valence-electron chi connectivity index (χ3n) is 4.01. The van der Waals surface area contributed by atoms with Crippen LogP contribution in [0.15, 0.2) is 22.6 Å². The average molecular weight is 261 g/mol. The molecule has 0 bridgehead atoms. The van der Waals surface area contributed by atoms with Crippen molar-refractivity contribution in [1.82, 2.24) is 0 Å². The molecule has 104 valence electrons. The molecule has 2 aromatic rings. The summed E-state index contributed by atoms with van der Waals surface area (Å²) in [6.07, 6.45) is 1.10. The van der Waals surface area contributed by atoms with Gasteiger partial charge < -0.3 is 14.9 Å². The largest absolute Gasteiger partial charge is 0.459 e. The van der Waals surface area contributed by atoms with Gasteiger partial charge in [-0.15, -0.1) is 0 Å². The molecular weight excluding hydrogens is 238 g/mol. The fourth-order valence-corrected chi connectivity index (χ4v) is 2.29.